The van der Waals surface area contributed by atoms with Crippen LogP contribution in [-0.2, 0) is 25.5 Å². The van der Waals surface area contributed by atoms with Gasteiger partial charge in [-0.3, -0.25) is 9.69 Å². The number of piperazine rings is 1. The molecule has 238 valence electrons. The number of nitrogens with zero attached hydrogens (tertiary/aromatic N) is 4. The normalized spacial score (nSPS) is 18.5. The maximum Gasteiger partial charge on any atom is 0.411 e. The van der Waals surface area contributed by atoms with Crippen molar-refractivity contribution in [1.82, 2.24) is 19.3 Å². The summed E-state index contributed by atoms with van der Waals surface area (Å²) in [5, 5.41) is 1.63. The molecule has 10 nitrogen and oxygen atoms in total. The third-order valence-corrected chi connectivity index (χ3v) is 7.95. The van der Waals surface area contributed by atoms with Gasteiger partial charge in [-0.25, -0.2) is 9.59 Å². The van der Waals surface area contributed by atoms with Crippen LogP contribution < -0.4 is 0 Å². The second kappa shape index (κ2) is 12.9. The predicted molar refractivity (Wildman–Crippen MR) is 166 cm³/mol. The Balaban J connectivity index is 1.64. The van der Waals surface area contributed by atoms with Crippen LogP contribution in [0.2, 0.25) is 5.02 Å². The highest BCUT2D eigenvalue weighted by Crippen LogP contribution is 2.38. The average Bonchev–Trinajstić information content (AvgIpc) is 3.70. The Kier molecular flexibility index (Phi) is 9.91. The van der Waals surface area contributed by atoms with Crippen LogP contribution in [0.4, 0.5) is 9.59 Å². The number of methoxy groups -OCH3 is 1. The number of aryl methyl sites for hydroxylation is 1. The number of benzene rings is 1. The Morgan fingerprint density at radius 3 is 2.28 bits per heavy atom. The summed E-state index contributed by atoms with van der Waals surface area (Å²) < 4.78 is 18.7. The second-order valence-electron chi connectivity index (χ2n) is 13.6. The van der Waals surface area contributed by atoms with Crippen LogP contribution in [0.3, 0.4) is 0 Å². The van der Waals surface area contributed by atoms with E-state index in [0.29, 0.717) is 11.6 Å². The zero-order valence-electron chi connectivity index (χ0n) is 26.8. The molecule has 2 heterocycles. The summed E-state index contributed by atoms with van der Waals surface area (Å²) in [5.41, 5.74) is 0.554. The number of amides is 3. The number of ether oxygens (including phenoxy) is 3. The molecule has 11 heteroatoms. The first-order chi connectivity index (χ1) is 20.1. The molecule has 0 spiro atoms. The summed E-state index contributed by atoms with van der Waals surface area (Å²) in [6.45, 7) is 14.7. The second-order valence-corrected chi connectivity index (χ2v) is 14.0. The fourth-order valence-corrected chi connectivity index (χ4v) is 5.76. The molecule has 3 amide bonds. The molecule has 1 unspecified atom stereocenters. The number of fused-ring (bicyclic) bond motifs is 1. The average molecular weight is 619 g/mol. The van der Waals surface area contributed by atoms with Crippen LogP contribution in [0.25, 0.3) is 10.9 Å². The first kappa shape index (κ1) is 32.9. The van der Waals surface area contributed by atoms with Crippen LogP contribution in [0, 0.1) is 0 Å². The number of aromatic nitrogens is 1. The SMILES string of the molecule is COCCCn1cc(Cl)c2ccc(C(C)N(C(=O)[C@H]3CN(C(=O)OC(C)(C)C)CCN3C(=O)OC(C)(C)C)C3CC3)cc21. The maximum absolute atomic E-state index is 14.5. The summed E-state index contributed by atoms with van der Waals surface area (Å²) in [6, 6.07) is 4.98. The van der Waals surface area contributed by atoms with E-state index in [1.54, 1.807) is 48.7 Å². The Labute approximate surface area is 260 Å². The lowest BCUT2D eigenvalue weighted by Gasteiger charge is -2.43. The van der Waals surface area contributed by atoms with E-state index in [1.165, 1.54) is 9.80 Å². The Bertz CT molecular complexity index is 1330. The third kappa shape index (κ3) is 8.15. The molecular formula is C32H47ClN4O6. The van der Waals surface area contributed by atoms with E-state index in [-0.39, 0.29) is 37.6 Å². The van der Waals surface area contributed by atoms with Crippen molar-refractivity contribution in [2.75, 3.05) is 33.4 Å². The number of rotatable bonds is 8. The minimum atomic E-state index is -0.907. The lowest BCUT2D eigenvalue weighted by atomic mass is 10.0. The number of carbonyl (C=O) groups is 3. The Hall–Kier alpha value is -2.98. The summed E-state index contributed by atoms with van der Waals surface area (Å²) in [7, 11) is 1.69. The highest BCUT2D eigenvalue weighted by Gasteiger charge is 2.46. The number of carbonyl (C=O) groups excluding carboxylic acids is 3. The first-order valence-electron chi connectivity index (χ1n) is 15.2. The van der Waals surface area contributed by atoms with E-state index in [0.717, 1.165) is 42.3 Å². The van der Waals surface area contributed by atoms with Gasteiger partial charge in [0.25, 0.3) is 0 Å². The smallest absolute Gasteiger partial charge is 0.411 e. The molecule has 1 aliphatic heterocycles. The van der Waals surface area contributed by atoms with Gasteiger partial charge in [-0.15, -0.1) is 0 Å². The van der Waals surface area contributed by atoms with Crippen molar-refractivity contribution in [2.24, 2.45) is 0 Å². The van der Waals surface area contributed by atoms with Gasteiger partial charge in [0.05, 0.1) is 17.6 Å². The third-order valence-electron chi connectivity index (χ3n) is 7.64. The molecule has 4 rings (SSSR count). The van der Waals surface area contributed by atoms with Gasteiger partial charge in [0.15, 0.2) is 0 Å². The number of hydrogen-bond acceptors (Lipinski definition) is 6. The largest absolute Gasteiger partial charge is 0.444 e. The molecule has 1 aliphatic carbocycles. The van der Waals surface area contributed by atoms with E-state index in [2.05, 4.69) is 10.6 Å². The van der Waals surface area contributed by atoms with E-state index in [9.17, 15) is 14.4 Å². The van der Waals surface area contributed by atoms with Crippen LogP contribution in [0.5, 0.6) is 0 Å². The molecule has 43 heavy (non-hydrogen) atoms. The fourth-order valence-electron chi connectivity index (χ4n) is 5.49. The summed E-state index contributed by atoms with van der Waals surface area (Å²) in [4.78, 5) is 45.8. The van der Waals surface area contributed by atoms with Crippen LogP contribution in [0.1, 0.15) is 79.3 Å². The molecule has 1 saturated carbocycles. The van der Waals surface area contributed by atoms with Crippen LogP contribution >= 0.6 is 11.6 Å². The zero-order chi connectivity index (χ0) is 31.7. The van der Waals surface area contributed by atoms with Gasteiger partial charge < -0.3 is 28.6 Å². The Morgan fingerprint density at radius 1 is 1.02 bits per heavy atom. The predicted octanol–water partition coefficient (Wildman–Crippen LogP) is 6.24. The van der Waals surface area contributed by atoms with Gasteiger partial charge in [-0.2, -0.15) is 0 Å². The van der Waals surface area contributed by atoms with Crippen molar-refractivity contribution in [3.05, 3.63) is 35.0 Å². The molecule has 2 atom stereocenters. The topological polar surface area (TPSA) is 93.5 Å². The van der Waals surface area contributed by atoms with Crippen molar-refractivity contribution in [3.8, 4) is 0 Å². The van der Waals surface area contributed by atoms with Gasteiger partial charge in [0, 0.05) is 56.5 Å². The van der Waals surface area contributed by atoms with Crippen molar-refractivity contribution in [3.63, 3.8) is 0 Å². The molecule has 1 aromatic heterocycles. The van der Waals surface area contributed by atoms with Gasteiger partial charge in [0.2, 0.25) is 5.91 Å². The lowest BCUT2D eigenvalue weighted by Crippen LogP contribution is -2.63. The maximum atomic E-state index is 14.5. The van der Waals surface area contributed by atoms with Gasteiger partial charge >= 0.3 is 12.2 Å². The minimum Gasteiger partial charge on any atom is -0.444 e. The van der Waals surface area contributed by atoms with E-state index < -0.39 is 29.4 Å². The first-order valence-corrected chi connectivity index (χ1v) is 15.5. The standard InChI is InChI=1S/C32H47ClN4O6/c1-21(22-10-13-24-25(33)19-34(26(24)18-22)14-9-17-41-8)37(23-11-12-23)28(38)27-20-35(29(39)42-31(2,3)4)15-16-36(27)30(40)43-32(5,6)7/h10,13,18-19,21,23,27H,9,11-12,14-17,20H2,1-8H3/t21?,27-/m1/s1. The fraction of sp³-hybridized carbons (Fsp3) is 0.656. The molecule has 2 aliphatic rings. The minimum absolute atomic E-state index is 0.0277. The van der Waals surface area contributed by atoms with Gasteiger partial charge in [-0.05, 0) is 79.4 Å². The lowest BCUT2D eigenvalue weighted by molar-refractivity contribution is -0.142. The molecule has 0 bridgehead atoms. The highest BCUT2D eigenvalue weighted by atomic mass is 35.5. The summed E-state index contributed by atoms with van der Waals surface area (Å²) >= 11 is 6.56. The van der Waals surface area contributed by atoms with Crippen molar-refractivity contribution in [2.45, 2.75) is 104 Å². The zero-order valence-corrected chi connectivity index (χ0v) is 27.6. The van der Waals surface area contributed by atoms with Crippen molar-refractivity contribution >= 4 is 40.6 Å². The summed E-state index contributed by atoms with van der Waals surface area (Å²) in [6.07, 6.45) is 3.48. The Morgan fingerprint density at radius 2 is 1.67 bits per heavy atom. The molecule has 1 aromatic carbocycles. The van der Waals surface area contributed by atoms with Gasteiger partial charge in [0.1, 0.15) is 17.2 Å². The van der Waals surface area contributed by atoms with Crippen LogP contribution in [-0.4, -0.2) is 94.0 Å². The molecular weight excluding hydrogens is 572 g/mol. The van der Waals surface area contributed by atoms with Gasteiger partial charge in [-0.1, -0.05) is 23.7 Å². The van der Waals surface area contributed by atoms with Crippen molar-refractivity contribution < 1.29 is 28.6 Å². The molecule has 0 radical (unpaired) electrons. The highest BCUT2D eigenvalue weighted by molar-refractivity contribution is 6.35. The van der Waals surface area contributed by atoms with E-state index >= 15 is 0 Å². The van der Waals surface area contributed by atoms with Crippen LogP contribution in [0.15, 0.2) is 24.4 Å². The van der Waals surface area contributed by atoms with E-state index in [4.69, 9.17) is 25.8 Å². The molecule has 0 N–H and O–H groups in total. The number of halogens is 1. The number of hydrogen-bond donors (Lipinski definition) is 0. The molecule has 2 fully saturated rings. The monoisotopic (exact) mass is 618 g/mol. The molecule has 1 saturated heterocycles. The molecule has 2 aromatic rings. The van der Waals surface area contributed by atoms with E-state index in [1.807, 2.05) is 30.2 Å². The van der Waals surface area contributed by atoms with Crippen molar-refractivity contribution in [1.29, 1.82) is 0 Å². The quantitative estimate of drug-likeness (QED) is 0.325. The summed E-state index contributed by atoms with van der Waals surface area (Å²) in [5.74, 6) is -0.206.